The summed E-state index contributed by atoms with van der Waals surface area (Å²) in [7, 11) is 0. The van der Waals surface area contributed by atoms with Gasteiger partial charge < -0.3 is 16.2 Å². The lowest BCUT2D eigenvalue weighted by atomic mass is 9.83. The second kappa shape index (κ2) is 6.92. The molecule has 3 nitrogen and oxygen atoms in total. The maximum absolute atomic E-state index is 6.12. The minimum absolute atomic E-state index is 0.134. The van der Waals surface area contributed by atoms with Crippen molar-refractivity contribution in [1.29, 1.82) is 0 Å². The van der Waals surface area contributed by atoms with Gasteiger partial charge in [0.15, 0.2) is 0 Å². The molecule has 0 bridgehead atoms. The Bertz CT molecular complexity index is 400. The van der Waals surface area contributed by atoms with Crippen LogP contribution in [0.5, 0.6) is 5.75 Å². The summed E-state index contributed by atoms with van der Waals surface area (Å²) in [6.07, 6.45) is 6.66. The first kappa shape index (κ1) is 14.4. The second-order valence-electron chi connectivity index (χ2n) is 5.41. The van der Waals surface area contributed by atoms with Crippen LogP contribution >= 0.6 is 0 Å². The van der Waals surface area contributed by atoms with Gasteiger partial charge in [-0.05, 0) is 37.3 Å². The Labute approximate surface area is 116 Å². The third-order valence-corrected chi connectivity index (χ3v) is 4.06. The molecule has 1 aliphatic rings. The smallest absolute Gasteiger partial charge is 0.124 e. The number of rotatable bonds is 5. The summed E-state index contributed by atoms with van der Waals surface area (Å²) in [6.45, 7) is 3.11. The van der Waals surface area contributed by atoms with Gasteiger partial charge in [-0.25, -0.2) is 0 Å². The van der Waals surface area contributed by atoms with Crippen molar-refractivity contribution in [3.63, 3.8) is 0 Å². The molecule has 1 aromatic carbocycles. The predicted molar refractivity (Wildman–Crippen MR) is 79.4 cm³/mol. The van der Waals surface area contributed by atoms with Crippen LogP contribution in [0.15, 0.2) is 18.2 Å². The maximum Gasteiger partial charge on any atom is 0.124 e. The van der Waals surface area contributed by atoms with E-state index in [0.717, 1.165) is 11.3 Å². The minimum atomic E-state index is -0.134. The molecule has 19 heavy (non-hydrogen) atoms. The summed E-state index contributed by atoms with van der Waals surface area (Å²) in [5, 5.41) is 0. The van der Waals surface area contributed by atoms with Gasteiger partial charge in [-0.3, -0.25) is 0 Å². The number of benzene rings is 1. The number of hydrogen-bond acceptors (Lipinski definition) is 3. The highest BCUT2D eigenvalue weighted by atomic mass is 16.5. The Balaban J connectivity index is 2.25. The summed E-state index contributed by atoms with van der Waals surface area (Å²) in [6, 6.07) is 6.36. The molecule has 1 aliphatic carbocycles. The van der Waals surface area contributed by atoms with E-state index >= 15 is 0 Å². The van der Waals surface area contributed by atoms with Crippen molar-refractivity contribution < 1.29 is 4.74 Å². The Morgan fingerprint density at radius 2 is 2.00 bits per heavy atom. The van der Waals surface area contributed by atoms with Crippen molar-refractivity contribution >= 4 is 0 Å². The molecule has 1 saturated carbocycles. The maximum atomic E-state index is 6.12. The van der Waals surface area contributed by atoms with Crippen LogP contribution < -0.4 is 16.2 Å². The van der Waals surface area contributed by atoms with E-state index in [2.05, 4.69) is 18.2 Å². The standard InChI is InChI=1S/C16H26N2O/c1-2-19-16-9-8-13(10-14(16)15(18)11-17)12-6-4-3-5-7-12/h8-10,12,15H,2-7,11,17-18H2,1H3. The Morgan fingerprint density at radius 1 is 1.26 bits per heavy atom. The van der Waals surface area contributed by atoms with Crippen LogP contribution in [-0.4, -0.2) is 13.2 Å². The van der Waals surface area contributed by atoms with Gasteiger partial charge in [-0.2, -0.15) is 0 Å². The van der Waals surface area contributed by atoms with E-state index in [-0.39, 0.29) is 6.04 Å². The third-order valence-electron chi connectivity index (χ3n) is 4.06. The molecule has 0 radical (unpaired) electrons. The van der Waals surface area contributed by atoms with E-state index in [1.54, 1.807) is 0 Å². The van der Waals surface area contributed by atoms with Gasteiger partial charge in [0.05, 0.1) is 6.61 Å². The van der Waals surface area contributed by atoms with E-state index in [1.165, 1.54) is 37.7 Å². The molecule has 0 amide bonds. The molecule has 0 heterocycles. The molecule has 1 atom stereocenters. The van der Waals surface area contributed by atoms with Crippen LogP contribution in [-0.2, 0) is 0 Å². The molecule has 0 spiro atoms. The van der Waals surface area contributed by atoms with E-state index < -0.39 is 0 Å². The Hall–Kier alpha value is -1.06. The largest absolute Gasteiger partial charge is 0.494 e. The van der Waals surface area contributed by atoms with Crippen LogP contribution in [0.3, 0.4) is 0 Å². The zero-order chi connectivity index (χ0) is 13.7. The van der Waals surface area contributed by atoms with E-state index in [9.17, 15) is 0 Å². The average molecular weight is 262 g/mol. The summed E-state index contributed by atoms with van der Waals surface area (Å²) in [4.78, 5) is 0. The van der Waals surface area contributed by atoms with Crippen molar-refractivity contribution in [1.82, 2.24) is 0 Å². The highest BCUT2D eigenvalue weighted by molar-refractivity contribution is 5.41. The molecular formula is C16H26N2O. The lowest BCUT2D eigenvalue weighted by Crippen LogP contribution is -2.22. The van der Waals surface area contributed by atoms with E-state index in [0.29, 0.717) is 19.1 Å². The molecule has 106 valence electrons. The number of ether oxygens (including phenoxy) is 1. The second-order valence-corrected chi connectivity index (χ2v) is 5.41. The molecule has 1 aromatic rings. The first-order valence-electron chi connectivity index (χ1n) is 7.48. The van der Waals surface area contributed by atoms with Gasteiger partial charge in [0.2, 0.25) is 0 Å². The number of hydrogen-bond donors (Lipinski definition) is 2. The highest BCUT2D eigenvalue weighted by Gasteiger charge is 2.18. The van der Waals surface area contributed by atoms with Gasteiger partial charge in [0, 0.05) is 18.2 Å². The Morgan fingerprint density at radius 3 is 2.63 bits per heavy atom. The SMILES string of the molecule is CCOc1ccc(C2CCCCC2)cc1C(N)CN. The van der Waals surface area contributed by atoms with Crippen molar-refractivity contribution in [3.05, 3.63) is 29.3 Å². The topological polar surface area (TPSA) is 61.3 Å². The van der Waals surface area contributed by atoms with Gasteiger partial charge in [-0.15, -0.1) is 0 Å². The first-order chi connectivity index (χ1) is 9.26. The van der Waals surface area contributed by atoms with Crippen LogP contribution in [0.1, 0.15) is 62.1 Å². The van der Waals surface area contributed by atoms with E-state index in [4.69, 9.17) is 16.2 Å². The molecule has 3 heteroatoms. The predicted octanol–water partition coefficient (Wildman–Crippen LogP) is 3.09. The summed E-state index contributed by atoms with van der Waals surface area (Å²) < 4.78 is 5.67. The zero-order valence-corrected chi connectivity index (χ0v) is 11.9. The van der Waals surface area contributed by atoms with Crippen LogP contribution in [0, 0.1) is 0 Å². The monoisotopic (exact) mass is 262 g/mol. The summed E-state index contributed by atoms with van der Waals surface area (Å²) in [5.74, 6) is 1.58. The molecular weight excluding hydrogens is 236 g/mol. The summed E-state index contributed by atoms with van der Waals surface area (Å²) >= 11 is 0. The number of nitrogens with two attached hydrogens (primary N) is 2. The molecule has 0 aromatic heterocycles. The molecule has 2 rings (SSSR count). The Kier molecular flexibility index (Phi) is 5.23. The van der Waals surface area contributed by atoms with Crippen LogP contribution in [0.25, 0.3) is 0 Å². The minimum Gasteiger partial charge on any atom is -0.494 e. The summed E-state index contributed by atoms with van der Waals surface area (Å²) in [5.41, 5.74) is 14.3. The first-order valence-corrected chi connectivity index (χ1v) is 7.48. The lowest BCUT2D eigenvalue weighted by molar-refractivity contribution is 0.334. The van der Waals surface area contributed by atoms with Gasteiger partial charge >= 0.3 is 0 Å². The quantitative estimate of drug-likeness (QED) is 0.857. The fraction of sp³-hybridized carbons (Fsp3) is 0.625. The van der Waals surface area contributed by atoms with Gasteiger partial charge in [0.25, 0.3) is 0 Å². The third kappa shape index (κ3) is 3.48. The van der Waals surface area contributed by atoms with E-state index in [1.807, 2.05) is 6.92 Å². The van der Waals surface area contributed by atoms with Gasteiger partial charge in [0.1, 0.15) is 5.75 Å². The molecule has 1 fully saturated rings. The fourth-order valence-corrected chi connectivity index (χ4v) is 2.96. The molecule has 0 aliphatic heterocycles. The molecule has 4 N–H and O–H groups in total. The van der Waals surface area contributed by atoms with Crippen LogP contribution in [0.2, 0.25) is 0 Å². The zero-order valence-electron chi connectivity index (χ0n) is 11.9. The van der Waals surface area contributed by atoms with Crippen molar-refractivity contribution in [2.24, 2.45) is 11.5 Å². The lowest BCUT2D eigenvalue weighted by Gasteiger charge is -2.24. The average Bonchev–Trinajstić information content (AvgIpc) is 2.48. The van der Waals surface area contributed by atoms with Gasteiger partial charge in [-0.1, -0.05) is 31.4 Å². The molecule has 1 unspecified atom stereocenters. The van der Waals surface area contributed by atoms with Crippen molar-refractivity contribution in [2.75, 3.05) is 13.2 Å². The van der Waals surface area contributed by atoms with Crippen LogP contribution in [0.4, 0.5) is 0 Å². The van der Waals surface area contributed by atoms with Crippen molar-refractivity contribution in [2.45, 2.75) is 51.0 Å². The fourth-order valence-electron chi connectivity index (χ4n) is 2.96. The normalized spacial score (nSPS) is 18.3. The highest BCUT2D eigenvalue weighted by Crippen LogP contribution is 2.35. The van der Waals surface area contributed by atoms with Crippen molar-refractivity contribution in [3.8, 4) is 5.75 Å². The molecule has 0 saturated heterocycles.